The fraction of sp³-hybridized carbons (Fsp3) is 0.0500. The number of benzene rings is 2. The predicted molar refractivity (Wildman–Crippen MR) is 121 cm³/mol. The lowest BCUT2D eigenvalue weighted by Crippen LogP contribution is -2.19. The van der Waals surface area contributed by atoms with Crippen LogP contribution in [0.2, 0.25) is 0 Å². The van der Waals surface area contributed by atoms with Gasteiger partial charge in [0.15, 0.2) is 0 Å². The van der Waals surface area contributed by atoms with Gasteiger partial charge >= 0.3 is 0 Å². The highest BCUT2D eigenvalue weighted by Crippen LogP contribution is 2.32. The highest BCUT2D eigenvalue weighted by molar-refractivity contribution is 7.92. The summed E-state index contributed by atoms with van der Waals surface area (Å²) >= 11 is 0.910. The first-order valence-corrected chi connectivity index (χ1v) is 11.1. The summed E-state index contributed by atoms with van der Waals surface area (Å²) in [5.74, 6) is -0.581. The minimum absolute atomic E-state index is 0.0189. The Bertz CT molecular complexity index is 1290. The first-order valence-electron chi connectivity index (χ1n) is 8.83. The van der Waals surface area contributed by atoms with Gasteiger partial charge in [0.1, 0.15) is 21.5 Å². The van der Waals surface area contributed by atoms with E-state index in [1.54, 1.807) is 49.4 Å². The first kappa shape index (κ1) is 21.8. The summed E-state index contributed by atoms with van der Waals surface area (Å²) in [6, 6.07) is 16.4. The molecule has 6 N–H and O–H groups in total. The molecule has 0 bridgehead atoms. The van der Waals surface area contributed by atoms with Gasteiger partial charge in [-0.3, -0.25) is 9.52 Å². The standard InChI is InChI=1S/C20H18N6O3S2/c1-12(24-25-20(27)18-17(22)16(11-21)19(23)30-18)13-7-9-14(10-8-13)26-31(28,29)15-5-3-2-4-6-15/h2-10,26H,22-23H2,1H3,(H,25,27)/b24-12+. The number of nitriles is 1. The molecule has 158 valence electrons. The van der Waals surface area contributed by atoms with Crippen molar-refractivity contribution in [3.8, 4) is 6.07 Å². The van der Waals surface area contributed by atoms with E-state index in [9.17, 15) is 13.2 Å². The van der Waals surface area contributed by atoms with Crippen molar-refractivity contribution in [2.24, 2.45) is 5.10 Å². The molecule has 1 amide bonds. The number of sulfonamides is 1. The second-order valence-electron chi connectivity index (χ2n) is 6.33. The molecule has 2 aromatic carbocycles. The molecule has 1 heterocycles. The monoisotopic (exact) mass is 454 g/mol. The van der Waals surface area contributed by atoms with E-state index >= 15 is 0 Å². The third-order valence-electron chi connectivity index (χ3n) is 4.22. The molecule has 0 atom stereocenters. The van der Waals surface area contributed by atoms with Gasteiger partial charge in [0.25, 0.3) is 15.9 Å². The molecule has 0 aliphatic carbocycles. The van der Waals surface area contributed by atoms with Crippen LogP contribution in [-0.4, -0.2) is 20.0 Å². The van der Waals surface area contributed by atoms with Crippen LogP contribution in [0.3, 0.4) is 0 Å². The summed E-state index contributed by atoms with van der Waals surface area (Å²) < 4.78 is 27.3. The van der Waals surface area contributed by atoms with Crippen LogP contribution in [0.4, 0.5) is 16.4 Å². The smallest absolute Gasteiger partial charge is 0.283 e. The molecular formula is C20H18N6O3S2. The molecule has 0 spiro atoms. The van der Waals surface area contributed by atoms with Gasteiger partial charge < -0.3 is 11.5 Å². The van der Waals surface area contributed by atoms with Crippen LogP contribution in [0.1, 0.15) is 27.7 Å². The zero-order chi connectivity index (χ0) is 22.6. The number of anilines is 3. The maximum Gasteiger partial charge on any atom is 0.283 e. The van der Waals surface area contributed by atoms with E-state index < -0.39 is 15.9 Å². The summed E-state index contributed by atoms with van der Waals surface area (Å²) in [7, 11) is -3.69. The molecule has 0 fully saturated rings. The fourth-order valence-corrected chi connectivity index (χ4v) is 4.50. The molecule has 0 unspecified atom stereocenters. The lowest BCUT2D eigenvalue weighted by atomic mass is 10.1. The highest BCUT2D eigenvalue weighted by atomic mass is 32.2. The Morgan fingerprint density at radius 2 is 1.74 bits per heavy atom. The summed E-state index contributed by atoms with van der Waals surface area (Å²) in [5.41, 5.74) is 15.5. The zero-order valence-corrected chi connectivity index (χ0v) is 17.9. The summed E-state index contributed by atoms with van der Waals surface area (Å²) in [6.45, 7) is 1.68. The average Bonchev–Trinajstić information content (AvgIpc) is 3.06. The number of hydrogen-bond acceptors (Lipinski definition) is 8. The van der Waals surface area contributed by atoms with E-state index in [4.69, 9.17) is 16.7 Å². The number of hydrogen-bond donors (Lipinski definition) is 4. The third kappa shape index (κ3) is 4.82. The van der Waals surface area contributed by atoms with Crippen LogP contribution < -0.4 is 21.6 Å². The molecule has 0 saturated heterocycles. The number of hydrazone groups is 1. The van der Waals surface area contributed by atoms with E-state index in [-0.39, 0.29) is 26.0 Å². The first-order chi connectivity index (χ1) is 14.7. The molecule has 1 aromatic heterocycles. The lowest BCUT2D eigenvalue weighted by Gasteiger charge is -2.09. The van der Waals surface area contributed by atoms with E-state index in [1.807, 2.05) is 6.07 Å². The average molecular weight is 455 g/mol. The number of nitrogens with two attached hydrogens (primary N) is 2. The van der Waals surface area contributed by atoms with Crippen molar-refractivity contribution >= 4 is 49.4 Å². The number of carbonyl (C=O) groups excluding carboxylic acids is 1. The summed E-state index contributed by atoms with van der Waals surface area (Å²) in [4.78, 5) is 12.6. The number of nitrogens with zero attached hydrogens (tertiary/aromatic N) is 2. The van der Waals surface area contributed by atoms with E-state index in [0.717, 1.165) is 11.3 Å². The molecular weight excluding hydrogens is 436 g/mol. The third-order valence-corrected chi connectivity index (χ3v) is 6.65. The Morgan fingerprint density at radius 3 is 2.32 bits per heavy atom. The van der Waals surface area contributed by atoms with E-state index in [2.05, 4.69) is 15.2 Å². The number of nitrogen functional groups attached to an aromatic ring is 2. The van der Waals surface area contributed by atoms with Crippen molar-refractivity contribution in [3.63, 3.8) is 0 Å². The number of rotatable bonds is 6. The number of amides is 1. The zero-order valence-electron chi connectivity index (χ0n) is 16.3. The summed E-state index contributed by atoms with van der Waals surface area (Å²) in [6.07, 6.45) is 0. The van der Waals surface area contributed by atoms with Crippen molar-refractivity contribution in [2.75, 3.05) is 16.2 Å². The summed E-state index contributed by atoms with van der Waals surface area (Å²) in [5, 5.41) is 13.2. The maximum absolute atomic E-state index is 12.4. The molecule has 11 heteroatoms. The Balaban J connectivity index is 1.70. The van der Waals surface area contributed by atoms with Gasteiger partial charge in [0.2, 0.25) is 0 Å². The Labute approximate surface area is 183 Å². The Morgan fingerprint density at radius 1 is 1.10 bits per heavy atom. The molecule has 0 saturated carbocycles. The van der Waals surface area contributed by atoms with Gasteiger partial charge in [-0.2, -0.15) is 10.4 Å². The van der Waals surface area contributed by atoms with Crippen LogP contribution in [0.25, 0.3) is 0 Å². The SMILES string of the molecule is C/C(=N\NC(=O)c1sc(N)c(C#N)c1N)c1ccc(NS(=O)(=O)c2ccccc2)cc1. The molecule has 9 nitrogen and oxygen atoms in total. The van der Waals surface area contributed by atoms with Gasteiger partial charge in [0, 0.05) is 5.69 Å². The minimum Gasteiger partial charge on any atom is -0.396 e. The second-order valence-corrected chi connectivity index (χ2v) is 9.06. The second kappa shape index (κ2) is 8.86. The number of nitrogens with one attached hydrogen (secondary N) is 2. The predicted octanol–water partition coefficient (Wildman–Crippen LogP) is 2.74. The molecule has 0 radical (unpaired) electrons. The van der Waals surface area contributed by atoms with Crippen molar-refractivity contribution in [2.45, 2.75) is 11.8 Å². The Hall–Kier alpha value is -3.88. The quantitative estimate of drug-likeness (QED) is 0.330. The number of thiophene rings is 1. The van der Waals surface area contributed by atoms with Crippen LogP contribution in [0.5, 0.6) is 0 Å². The van der Waals surface area contributed by atoms with Crippen LogP contribution in [0.15, 0.2) is 64.6 Å². The van der Waals surface area contributed by atoms with Crippen molar-refractivity contribution in [1.82, 2.24) is 5.43 Å². The van der Waals surface area contributed by atoms with Crippen molar-refractivity contribution < 1.29 is 13.2 Å². The topological polar surface area (TPSA) is 163 Å². The molecule has 3 aromatic rings. The van der Waals surface area contributed by atoms with Crippen molar-refractivity contribution in [3.05, 3.63) is 70.6 Å². The van der Waals surface area contributed by atoms with Gasteiger partial charge in [-0.1, -0.05) is 30.3 Å². The molecule has 0 aliphatic rings. The largest absolute Gasteiger partial charge is 0.396 e. The van der Waals surface area contributed by atoms with Gasteiger partial charge in [-0.15, -0.1) is 11.3 Å². The minimum atomic E-state index is -3.69. The molecule has 0 aliphatic heterocycles. The van der Waals surface area contributed by atoms with Gasteiger partial charge in [-0.25, -0.2) is 13.8 Å². The normalized spacial score (nSPS) is 11.5. The lowest BCUT2D eigenvalue weighted by molar-refractivity contribution is 0.0959. The highest BCUT2D eigenvalue weighted by Gasteiger charge is 2.19. The van der Waals surface area contributed by atoms with Gasteiger partial charge in [-0.05, 0) is 36.8 Å². The number of carbonyl (C=O) groups is 1. The maximum atomic E-state index is 12.4. The van der Waals surface area contributed by atoms with Gasteiger partial charge in [0.05, 0.1) is 16.3 Å². The van der Waals surface area contributed by atoms with Crippen LogP contribution in [-0.2, 0) is 10.0 Å². The van der Waals surface area contributed by atoms with Crippen LogP contribution in [0, 0.1) is 11.3 Å². The Kier molecular flexibility index (Phi) is 6.24. The van der Waals surface area contributed by atoms with Crippen LogP contribution >= 0.6 is 11.3 Å². The fourth-order valence-electron chi connectivity index (χ4n) is 2.59. The van der Waals surface area contributed by atoms with E-state index in [0.29, 0.717) is 17.0 Å². The molecule has 3 rings (SSSR count). The molecule has 31 heavy (non-hydrogen) atoms. The van der Waals surface area contributed by atoms with Crippen molar-refractivity contribution in [1.29, 1.82) is 5.26 Å². The van der Waals surface area contributed by atoms with E-state index in [1.165, 1.54) is 12.1 Å².